The molecule has 1 nitrogen and oxygen atoms in total. The lowest BCUT2D eigenvalue weighted by atomic mass is 9.76. The third-order valence-corrected chi connectivity index (χ3v) is 5.53. The average Bonchev–Trinajstić information content (AvgIpc) is 2.94. The van der Waals surface area contributed by atoms with Gasteiger partial charge in [-0.05, 0) is 47.6 Å². The second-order valence-electron chi connectivity index (χ2n) is 5.88. The van der Waals surface area contributed by atoms with E-state index in [1.807, 2.05) is 29.6 Å². The van der Waals surface area contributed by atoms with Gasteiger partial charge in [0.2, 0.25) is 0 Å². The molecule has 1 fully saturated rings. The minimum atomic E-state index is -4.09. The first kappa shape index (κ1) is 14.9. The summed E-state index contributed by atoms with van der Waals surface area (Å²) in [5.74, 6) is -1.28. The normalized spacial score (nSPS) is 25.1. The molecule has 1 aliphatic rings. The van der Waals surface area contributed by atoms with E-state index in [4.69, 9.17) is 5.73 Å². The highest BCUT2D eigenvalue weighted by molar-refractivity contribution is 7.17. The number of hydrogen-bond acceptors (Lipinski definition) is 2. The van der Waals surface area contributed by atoms with Crippen molar-refractivity contribution in [2.75, 3.05) is 0 Å². The van der Waals surface area contributed by atoms with E-state index in [1.54, 1.807) is 11.3 Å². The third-order valence-electron chi connectivity index (χ3n) is 4.55. The lowest BCUT2D eigenvalue weighted by molar-refractivity contribution is -0.186. The maximum absolute atomic E-state index is 12.9. The largest absolute Gasteiger partial charge is 0.391 e. The highest BCUT2D eigenvalue weighted by Gasteiger charge is 2.43. The van der Waals surface area contributed by atoms with Crippen LogP contribution in [0.3, 0.4) is 0 Å². The molecule has 3 rings (SSSR count). The van der Waals surface area contributed by atoms with Crippen LogP contribution < -0.4 is 5.73 Å². The first-order valence-electron chi connectivity index (χ1n) is 7.25. The Morgan fingerprint density at radius 2 is 2.00 bits per heavy atom. The Kier molecular flexibility index (Phi) is 3.97. The number of nitrogens with two attached hydrogens (primary N) is 1. The van der Waals surface area contributed by atoms with Gasteiger partial charge >= 0.3 is 6.18 Å². The number of hydrogen-bond donors (Lipinski definition) is 1. The van der Waals surface area contributed by atoms with Crippen LogP contribution >= 0.6 is 11.3 Å². The molecule has 2 aromatic rings. The fourth-order valence-corrected chi connectivity index (χ4v) is 4.35. The second kappa shape index (κ2) is 5.61. The summed E-state index contributed by atoms with van der Waals surface area (Å²) >= 11 is 1.61. The summed E-state index contributed by atoms with van der Waals surface area (Å²) in [6.07, 6.45) is -2.28. The Morgan fingerprint density at radius 3 is 2.76 bits per heavy atom. The first-order chi connectivity index (χ1) is 9.97. The molecule has 2 N–H and O–H groups in total. The Hall–Kier alpha value is -1.07. The van der Waals surface area contributed by atoms with Crippen molar-refractivity contribution in [2.45, 2.75) is 37.9 Å². The predicted molar refractivity (Wildman–Crippen MR) is 80.3 cm³/mol. The Labute approximate surface area is 126 Å². The van der Waals surface area contributed by atoms with Gasteiger partial charge in [-0.25, -0.2) is 0 Å². The Bertz CT molecular complexity index is 619. The van der Waals surface area contributed by atoms with Crippen LogP contribution in [0.4, 0.5) is 13.2 Å². The van der Waals surface area contributed by atoms with Crippen molar-refractivity contribution < 1.29 is 13.2 Å². The minimum Gasteiger partial charge on any atom is -0.324 e. The van der Waals surface area contributed by atoms with Gasteiger partial charge in [0.15, 0.2) is 0 Å². The monoisotopic (exact) mass is 313 g/mol. The molecule has 0 spiro atoms. The zero-order chi connectivity index (χ0) is 15.0. The molecule has 3 unspecified atom stereocenters. The van der Waals surface area contributed by atoms with Crippen molar-refractivity contribution >= 4 is 21.4 Å². The van der Waals surface area contributed by atoms with Crippen LogP contribution in [0.5, 0.6) is 0 Å². The van der Waals surface area contributed by atoms with E-state index in [0.29, 0.717) is 6.42 Å². The average molecular weight is 313 g/mol. The summed E-state index contributed by atoms with van der Waals surface area (Å²) < 4.78 is 39.9. The predicted octanol–water partition coefficient (Wildman–Crippen LogP) is 5.27. The van der Waals surface area contributed by atoms with Gasteiger partial charge in [-0.3, -0.25) is 0 Å². The van der Waals surface area contributed by atoms with E-state index in [9.17, 15) is 13.2 Å². The maximum Gasteiger partial charge on any atom is 0.391 e. The number of rotatable bonds is 2. The highest BCUT2D eigenvalue weighted by Crippen LogP contribution is 2.44. The number of fused-ring (bicyclic) bond motifs is 1. The number of benzene rings is 1. The molecule has 1 saturated carbocycles. The van der Waals surface area contributed by atoms with Crippen molar-refractivity contribution in [1.82, 2.24) is 0 Å². The molecule has 1 aliphatic carbocycles. The lowest BCUT2D eigenvalue weighted by Crippen LogP contribution is -2.33. The van der Waals surface area contributed by atoms with E-state index in [-0.39, 0.29) is 24.8 Å². The van der Waals surface area contributed by atoms with Crippen molar-refractivity contribution in [1.29, 1.82) is 0 Å². The lowest BCUT2D eigenvalue weighted by Gasteiger charge is -2.34. The van der Waals surface area contributed by atoms with Crippen LogP contribution in [0.2, 0.25) is 0 Å². The quantitative estimate of drug-likeness (QED) is 0.803. The zero-order valence-electron chi connectivity index (χ0n) is 11.6. The molecule has 0 aliphatic heterocycles. The van der Waals surface area contributed by atoms with Gasteiger partial charge in [-0.2, -0.15) is 13.2 Å². The molecule has 1 aromatic carbocycles. The SMILES string of the molecule is NC(c1cccc2ccsc12)C1CCCC(C(F)(F)F)C1. The standard InChI is InChI=1S/C16H18F3NS/c17-16(18,19)12-5-1-4-11(9-12)14(20)13-6-2-3-10-7-8-21-15(10)13/h2-3,6-8,11-12,14H,1,4-5,9,20H2. The molecule has 0 bridgehead atoms. The summed E-state index contributed by atoms with van der Waals surface area (Å²) in [5.41, 5.74) is 7.34. The van der Waals surface area contributed by atoms with Gasteiger partial charge in [-0.15, -0.1) is 11.3 Å². The summed E-state index contributed by atoms with van der Waals surface area (Å²) in [6.45, 7) is 0. The van der Waals surface area contributed by atoms with Crippen LogP contribution in [0, 0.1) is 11.8 Å². The van der Waals surface area contributed by atoms with E-state index in [0.717, 1.165) is 22.1 Å². The zero-order valence-corrected chi connectivity index (χ0v) is 12.4. The Balaban J connectivity index is 1.84. The molecule has 5 heteroatoms. The number of alkyl halides is 3. The van der Waals surface area contributed by atoms with Crippen LogP contribution in [0.25, 0.3) is 10.1 Å². The smallest absolute Gasteiger partial charge is 0.324 e. The number of thiophene rings is 1. The summed E-state index contributed by atoms with van der Waals surface area (Å²) in [5, 5.41) is 3.12. The van der Waals surface area contributed by atoms with Crippen molar-refractivity contribution in [3.8, 4) is 0 Å². The molecular formula is C16H18F3NS. The molecule has 0 amide bonds. The highest BCUT2D eigenvalue weighted by atomic mass is 32.1. The van der Waals surface area contributed by atoms with Crippen LogP contribution in [0.1, 0.15) is 37.3 Å². The van der Waals surface area contributed by atoms with Gasteiger partial charge in [0.1, 0.15) is 0 Å². The van der Waals surface area contributed by atoms with Gasteiger partial charge in [0.25, 0.3) is 0 Å². The molecular weight excluding hydrogens is 295 g/mol. The summed E-state index contributed by atoms with van der Waals surface area (Å²) in [4.78, 5) is 0. The molecule has 0 saturated heterocycles. The van der Waals surface area contributed by atoms with E-state index < -0.39 is 12.1 Å². The van der Waals surface area contributed by atoms with Crippen LogP contribution in [0.15, 0.2) is 29.6 Å². The molecule has 1 heterocycles. The third kappa shape index (κ3) is 2.94. The van der Waals surface area contributed by atoms with Crippen molar-refractivity contribution in [3.05, 3.63) is 35.2 Å². The molecule has 1 aromatic heterocycles. The first-order valence-corrected chi connectivity index (χ1v) is 8.13. The fourth-order valence-electron chi connectivity index (χ4n) is 3.38. The minimum absolute atomic E-state index is 0.0851. The molecule has 21 heavy (non-hydrogen) atoms. The van der Waals surface area contributed by atoms with E-state index in [1.165, 1.54) is 0 Å². The van der Waals surface area contributed by atoms with Gasteiger partial charge in [-0.1, -0.05) is 24.6 Å². The summed E-state index contributed by atoms with van der Waals surface area (Å²) in [7, 11) is 0. The molecule has 3 atom stereocenters. The van der Waals surface area contributed by atoms with Crippen molar-refractivity contribution in [3.63, 3.8) is 0 Å². The molecule has 114 valence electrons. The van der Waals surface area contributed by atoms with Gasteiger partial charge in [0, 0.05) is 10.7 Å². The summed E-state index contributed by atoms with van der Waals surface area (Å²) in [6, 6.07) is 7.63. The second-order valence-corrected chi connectivity index (χ2v) is 6.79. The molecule has 0 radical (unpaired) electrons. The van der Waals surface area contributed by atoms with Crippen LogP contribution in [-0.4, -0.2) is 6.18 Å². The van der Waals surface area contributed by atoms with Crippen LogP contribution in [-0.2, 0) is 0 Å². The Morgan fingerprint density at radius 1 is 1.19 bits per heavy atom. The van der Waals surface area contributed by atoms with Gasteiger partial charge < -0.3 is 5.73 Å². The van der Waals surface area contributed by atoms with Crippen molar-refractivity contribution in [2.24, 2.45) is 17.6 Å². The fraction of sp³-hybridized carbons (Fsp3) is 0.500. The maximum atomic E-state index is 12.9. The van der Waals surface area contributed by atoms with E-state index in [2.05, 4.69) is 0 Å². The topological polar surface area (TPSA) is 26.0 Å². The van der Waals surface area contributed by atoms with Gasteiger partial charge in [0.05, 0.1) is 5.92 Å². The van der Waals surface area contributed by atoms with E-state index >= 15 is 0 Å². The number of halogens is 3.